The molecule has 0 saturated heterocycles. The lowest BCUT2D eigenvalue weighted by molar-refractivity contribution is 0.0879. The Balaban J connectivity index is 2.24. The van der Waals surface area contributed by atoms with Crippen molar-refractivity contribution in [2.75, 3.05) is 20.3 Å². The lowest BCUT2D eigenvalue weighted by Crippen LogP contribution is -2.16. The minimum Gasteiger partial charge on any atom is -0.496 e. The van der Waals surface area contributed by atoms with Crippen LogP contribution in [0.2, 0.25) is 5.02 Å². The molecule has 0 bridgehead atoms. The summed E-state index contributed by atoms with van der Waals surface area (Å²) < 4.78 is 5.35. The van der Waals surface area contributed by atoms with E-state index < -0.39 is 5.92 Å². The first-order valence-electron chi connectivity index (χ1n) is 7.94. The second-order valence-corrected chi connectivity index (χ2v) is 6.14. The monoisotopic (exact) mass is 360 g/mol. The van der Waals surface area contributed by atoms with Crippen LogP contribution < -0.4 is 4.74 Å². The van der Waals surface area contributed by atoms with Crippen LogP contribution in [0, 0.1) is 5.92 Å². The van der Waals surface area contributed by atoms with E-state index in [9.17, 15) is 4.79 Å². The molecule has 0 spiro atoms. The topological polar surface area (TPSA) is 66.8 Å². The number of carbonyl (C=O) groups excluding carboxylic acids is 1. The van der Waals surface area contributed by atoms with Crippen LogP contribution in [0.25, 0.3) is 12.2 Å². The highest BCUT2D eigenvalue weighted by molar-refractivity contribution is 6.30. The van der Waals surface area contributed by atoms with Gasteiger partial charge in [-0.05, 0) is 35.9 Å². The molecule has 2 N–H and O–H groups in total. The minimum absolute atomic E-state index is 0.0969. The highest BCUT2D eigenvalue weighted by atomic mass is 35.5. The number of aliphatic hydroxyl groups is 2. The van der Waals surface area contributed by atoms with Crippen molar-refractivity contribution in [3.05, 3.63) is 64.2 Å². The van der Waals surface area contributed by atoms with Crippen LogP contribution in [-0.2, 0) is 0 Å². The van der Waals surface area contributed by atoms with Gasteiger partial charge in [-0.25, -0.2) is 0 Å². The highest BCUT2D eigenvalue weighted by Crippen LogP contribution is 2.24. The average molecular weight is 361 g/mol. The Morgan fingerprint density at radius 2 is 1.80 bits per heavy atom. The summed E-state index contributed by atoms with van der Waals surface area (Å²) >= 11 is 5.88. The Labute approximate surface area is 152 Å². The molecule has 0 fully saturated rings. The van der Waals surface area contributed by atoms with Gasteiger partial charge in [0.1, 0.15) is 5.75 Å². The van der Waals surface area contributed by atoms with Crippen molar-refractivity contribution < 1.29 is 19.7 Å². The maximum atomic E-state index is 12.3. The van der Waals surface area contributed by atoms with Crippen LogP contribution in [0.4, 0.5) is 0 Å². The van der Waals surface area contributed by atoms with E-state index >= 15 is 0 Å². The van der Waals surface area contributed by atoms with Gasteiger partial charge in [0, 0.05) is 41.7 Å². The normalized spacial score (nSPS) is 11.2. The second-order valence-electron chi connectivity index (χ2n) is 5.70. The summed E-state index contributed by atoms with van der Waals surface area (Å²) in [6.07, 6.45) is 3.88. The SMILES string of the molecule is COc1ccc(C(=O)CC(CO)CO)cc1/C=C/c1ccc(Cl)cc1. The summed E-state index contributed by atoms with van der Waals surface area (Å²) in [7, 11) is 1.57. The zero-order valence-electron chi connectivity index (χ0n) is 14.0. The molecule has 0 radical (unpaired) electrons. The van der Waals surface area contributed by atoms with Gasteiger partial charge in [0.15, 0.2) is 5.78 Å². The number of hydrogen-bond donors (Lipinski definition) is 2. The number of hydrogen-bond acceptors (Lipinski definition) is 4. The molecule has 25 heavy (non-hydrogen) atoms. The van der Waals surface area contributed by atoms with E-state index in [2.05, 4.69) is 0 Å². The van der Waals surface area contributed by atoms with Gasteiger partial charge >= 0.3 is 0 Å². The van der Waals surface area contributed by atoms with Crippen molar-refractivity contribution in [1.82, 2.24) is 0 Å². The number of carbonyl (C=O) groups is 1. The molecule has 4 nitrogen and oxygen atoms in total. The molecule has 0 aromatic heterocycles. The van der Waals surface area contributed by atoms with Gasteiger partial charge in [-0.3, -0.25) is 4.79 Å². The molecule has 0 aliphatic rings. The van der Waals surface area contributed by atoms with Gasteiger partial charge in [0.2, 0.25) is 0 Å². The second kappa shape index (κ2) is 9.37. The van der Waals surface area contributed by atoms with E-state index in [4.69, 9.17) is 26.6 Å². The summed E-state index contributed by atoms with van der Waals surface area (Å²) in [6.45, 7) is -0.441. The zero-order chi connectivity index (χ0) is 18.2. The van der Waals surface area contributed by atoms with Gasteiger partial charge in [0.05, 0.1) is 7.11 Å². The number of ether oxygens (including phenoxy) is 1. The van der Waals surface area contributed by atoms with E-state index in [0.717, 1.165) is 11.1 Å². The smallest absolute Gasteiger partial charge is 0.163 e. The largest absolute Gasteiger partial charge is 0.496 e. The maximum Gasteiger partial charge on any atom is 0.163 e. The molecule has 0 heterocycles. The Morgan fingerprint density at radius 3 is 2.40 bits per heavy atom. The minimum atomic E-state index is -0.442. The van der Waals surface area contributed by atoms with Gasteiger partial charge in [-0.15, -0.1) is 0 Å². The molecule has 0 aliphatic carbocycles. The lowest BCUT2D eigenvalue weighted by Gasteiger charge is -2.11. The number of Topliss-reactive ketones (excluding diaryl/α,β-unsaturated/α-hetero) is 1. The Morgan fingerprint density at radius 1 is 1.12 bits per heavy atom. The predicted octanol–water partition coefficient (Wildman–Crippen LogP) is 3.69. The van der Waals surface area contributed by atoms with Crippen molar-refractivity contribution >= 4 is 29.5 Å². The quantitative estimate of drug-likeness (QED) is 0.556. The predicted molar refractivity (Wildman–Crippen MR) is 100.0 cm³/mol. The van der Waals surface area contributed by atoms with Crippen molar-refractivity contribution in [1.29, 1.82) is 0 Å². The summed E-state index contributed by atoms with van der Waals surface area (Å²) in [5.74, 6) is 0.0854. The van der Waals surface area contributed by atoms with Crippen molar-refractivity contribution in [3.8, 4) is 5.75 Å². The number of benzene rings is 2. The van der Waals surface area contributed by atoms with Gasteiger partial charge < -0.3 is 14.9 Å². The molecule has 0 atom stereocenters. The van der Waals surface area contributed by atoms with Crippen LogP contribution >= 0.6 is 11.6 Å². The molecule has 0 unspecified atom stereocenters. The molecule has 2 aromatic rings. The summed E-state index contributed by atoms with van der Waals surface area (Å²) in [5.41, 5.74) is 2.26. The van der Waals surface area contributed by atoms with Gasteiger partial charge in [-0.2, -0.15) is 0 Å². The Kier molecular flexibility index (Phi) is 7.19. The first-order chi connectivity index (χ1) is 12.1. The standard InChI is InChI=1S/C20H21ClO4/c1-25-20-9-6-16(19(24)10-15(12-22)13-23)11-17(20)5-2-14-3-7-18(21)8-4-14/h2-9,11,15,22-23H,10,12-13H2,1H3/b5-2+. The maximum absolute atomic E-state index is 12.3. The van der Waals surface area contributed by atoms with Crippen LogP contribution in [0.3, 0.4) is 0 Å². The third-order valence-corrected chi connectivity index (χ3v) is 4.12. The van der Waals surface area contributed by atoms with Crippen LogP contribution in [0.15, 0.2) is 42.5 Å². The molecular weight excluding hydrogens is 340 g/mol. The number of aliphatic hydroxyl groups excluding tert-OH is 2. The lowest BCUT2D eigenvalue weighted by atomic mass is 9.97. The summed E-state index contributed by atoms with van der Waals surface area (Å²) in [5, 5.41) is 18.9. The summed E-state index contributed by atoms with van der Waals surface area (Å²) in [6, 6.07) is 12.6. The van der Waals surface area contributed by atoms with E-state index in [1.54, 1.807) is 25.3 Å². The van der Waals surface area contributed by atoms with Crippen molar-refractivity contribution in [2.45, 2.75) is 6.42 Å². The van der Waals surface area contributed by atoms with Crippen molar-refractivity contribution in [3.63, 3.8) is 0 Å². The van der Waals surface area contributed by atoms with E-state index in [1.165, 1.54) is 0 Å². The first kappa shape index (κ1) is 19.2. The van der Waals surface area contributed by atoms with Crippen LogP contribution in [0.1, 0.15) is 27.9 Å². The molecule has 0 aliphatic heterocycles. The number of ketones is 1. The molecule has 5 heteroatoms. The van der Waals surface area contributed by atoms with Crippen molar-refractivity contribution in [2.24, 2.45) is 5.92 Å². The Bertz CT molecular complexity index is 734. The van der Waals surface area contributed by atoms with Crippen LogP contribution in [-0.4, -0.2) is 36.3 Å². The molecule has 0 saturated carbocycles. The zero-order valence-corrected chi connectivity index (χ0v) is 14.7. The fourth-order valence-corrected chi connectivity index (χ4v) is 2.49. The van der Waals surface area contributed by atoms with E-state index in [0.29, 0.717) is 16.3 Å². The average Bonchev–Trinajstić information content (AvgIpc) is 2.65. The fraction of sp³-hybridized carbons (Fsp3) is 0.250. The molecule has 0 amide bonds. The number of rotatable bonds is 8. The van der Waals surface area contributed by atoms with E-state index in [-0.39, 0.29) is 25.4 Å². The molecule has 2 rings (SSSR count). The Hall–Kier alpha value is -2.14. The molecular formula is C20H21ClO4. The fourth-order valence-electron chi connectivity index (χ4n) is 2.36. The van der Waals surface area contributed by atoms with E-state index in [1.807, 2.05) is 36.4 Å². The highest BCUT2D eigenvalue weighted by Gasteiger charge is 2.15. The summed E-state index contributed by atoms with van der Waals surface area (Å²) in [4.78, 5) is 12.3. The molecule has 2 aromatic carbocycles. The third-order valence-electron chi connectivity index (χ3n) is 3.87. The molecule has 132 valence electrons. The van der Waals surface area contributed by atoms with Gasteiger partial charge in [0.25, 0.3) is 0 Å². The number of methoxy groups -OCH3 is 1. The van der Waals surface area contributed by atoms with Crippen LogP contribution in [0.5, 0.6) is 5.75 Å². The third kappa shape index (κ3) is 5.43. The first-order valence-corrected chi connectivity index (χ1v) is 8.31. The number of halogens is 1. The van der Waals surface area contributed by atoms with Gasteiger partial charge in [-0.1, -0.05) is 35.9 Å².